The van der Waals surface area contributed by atoms with E-state index in [-0.39, 0.29) is 5.92 Å². The van der Waals surface area contributed by atoms with Gasteiger partial charge in [-0.25, -0.2) is 9.97 Å². The third-order valence-corrected chi connectivity index (χ3v) is 5.01. The molecule has 1 aliphatic carbocycles. The molecule has 1 aromatic rings. The minimum absolute atomic E-state index is 0.183. The fourth-order valence-electron chi connectivity index (χ4n) is 2.97. The lowest BCUT2D eigenvalue weighted by Crippen LogP contribution is -2.53. The van der Waals surface area contributed by atoms with E-state index < -0.39 is 11.5 Å². The molecule has 2 atom stereocenters. The van der Waals surface area contributed by atoms with E-state index in [9.17, 15) is 9.90 Å². The lowest BCUT2D eigenvalue weighted by molar-refractivity contribution is -0.146. The Morgan fingerprint density at radius 1 is 1.65 bits per heavy atom. The van der Waals surface area contributed by atoms with Gasteiger partial charge in [0.2, 0.25) is 0 Å². The monoisotopic (exact) mass is 295 g/mol. The highest BCUT2D eigenvalue weighted by Crippen LogP contribution is 2.39. The summed E-state index contributed by atoms with van der Waals surface area (Å²) >= 11 is 1.60. The Bertz CT molecular complexity index is 483. The molecule has 0 aromatic carbocycles. The Balaban J connectivity index is 1.92. The zero-order valence-electron chi connectivity index (χ0n) is 11.9. The molecule has 2 unspecified atom stereocenters. The SMILES string of the molecule is CNC1(C(=O)O)CCCC1CCSc1nccc(C)n1. The zero-order valence-corrected chi connectivity index (χ0v) is 12.7. The van der Waals surface area contributed by atoms with Crippen LogP contribution in [0.5, 0.6) is 0 Å². The largest absolute Gasteiger partial charge is 0.480 e. The molecule has 20 heavy (non-hydrogen) atoms. The summed E-state index contributed by atoms with van der Waals surface area (Å²) in [5.74, 6) is 0.312. The highest BCUT2D eigenvalue weighted by molar-refractivity contribution is 7.99. The minimum atomic E-state index is -0.742. The van der Waals surface area contributed by atoms with Gasteiger partial charge in [-0.15, -0.1) is 0 Å². The van der Waals surface area contributed by atoms with Gasteiger partial charge in [0.25, 0.3) is 0 Å². The normalized spacial score (nSPS) is 25.8. The first kappa shape index (κ1) is 15.3. The van der Waals surface area contributed by atoms with Gasteiger partial charge < -0.3 is 10.4 Å². The van der Waals surface area contributed by atoms with E-state index in [0.29, 0.717) is 0 Å². The quantitative estimate of drug-likeness (QED) is 0.618. The van der Waals surface area contributed by atoms with E-state index in [2.05, 4.69) is 15.3 Å². The molecule has 0 radical (unpaired) electrons. The predicted molar refractivity (Wildman–Crippen MR) is 78.9 cm³/mol. The summed E-state index contributed by atoms with van der Waals surface area (Å²) in [5, 5.41) is 13.3. The zero-order chi connectivity index (χ0) is 14.6. The number of aliphatic carboxylic acids is 1. The predicted octanol–water partition coefficient (Wildman–Crippen LogP) is 2.11. The molecular weight excluding hydrogens is 274 g/mol. The Morgan fingerprint density at radius 3 is 3.10 bits per heavy atom. The van der Waals surface area contributed by atoms with Crippen LogP contribution >= 0.6 is 11.8 Å². The molecule has 1 aromatic heterocycles. The number of thioether (sulfide) groups is 1. The number of carboxylic acid groups (broad SMARTS) is 1. The van der Waals surface area contributed by atoms with E-state index in [1.807, 2.05) is 13.0 Å². The summed E-state index contributed by atoms with van der Waals surface area (Å²) in [7, 11) is 1.75. The van der Waals surface area contributed by atoms with E-state index in [0.717, 1.165) is 42.3 Å². The van der Waals surface area contributed by atoms with Crippen LogP contribution in [0.2, 0.25) is 0 Å². The van der Waals surface area contributed by atoms with E-state index >= 15 is 0 Å². The maximum absolute atomic E-state index is 11.5. The summed E-state index contributed by atoms with van der Waals surface area (Å²) in [6.45, 7) is 1.94. The van der Waals surface area contributed by atoms with Crippen molar-refractivity contribution >= 4 is 17.7 Å². The van der Waals surface area contributed by atoms with Gasteiger partial charge in [0.1, 0.15) is 5.54 Å². The smallest absolute Gasteiger partial charge is 0.324 e. The fourth-order valence-corrected chi connectivity index (χ4v) is 3.90. The number of aromatic nitrogens is 2. The van der Waals surface area contributed by atoms with Crippen molar-refractivity contribution in [1.82, 2.24) is 15.3 Å². The summed E-state index contributed by atoms with van der Waals surface area (Å²) < 4.78 is 0. The second-order valence-corrected chi connectivity index (χ2v) is 6.30. The van der Waals surface area contributed by atoms with Gasteiger partial charge in [-0.2, -0.15) is 0 Å². The van der Waals surface area contributed by atoms with Crippen LogP contribution in [0.1, 0.15) is 31.4 Å². The molecule has 0 amide bonds. The van der Waals surface area contributed by atoms with E-state index in [4.69, 9.17) is 0 Å². The van der Waals surface area contributed by atoms with Gasteiger partial charge >= 0.3 is 5.97 Å². The lowest BCUT2D eigenvalue weighted by Gasteiger charge is -2.30. The first-order valence-electron chi connectivity index (χ1n) is 6.93. The molecule has 1 aliphatic rings. The first-order valence-corrected chi connectivity index (χ1v) is 7.92. The van der Waals surface area contributed by atoms with Crippen molar-refractivity contribution in [2.24, 2.45) is 5.92 Å². The van der Waals surface area contributed by atoms with Gasteiger partial charge in [0.05, 0.1) is 0 Å². The maximum Gasteiger partial charge on any atom is 0.324 e. The molecule has 1 fully saturated rings. The Labute approximate surface area is 123 Å². The average molecular weight is 295 g/mol. The summed E-state index contributed by atoms with van der Waals surface area (Å²) in [6.07, 6.45) is 5.30. The van der Waals surface area contributed by atoms with Crippen LogP contribution in [0.4, 0.5) is 0 Å². The molecule has 1 saturated carbocycles. The number of hydrogen-bond donors (Lipinski definition) is 2. The molecular formula is C14H21N3O2S. The summed E-state index contributed by atoms with van der Waals surface area (Å²) in [4.78, 5) is 20.1. The van der Waals surface area contributed by atoms with Crippen LogP contribution in [0.3, 0.4) is 0 Å². The van der Waals surface area contributed by atoms with Crippen LogP contribution in [0.25, 0.3) is 0 Å². The minimum Gasteiger partial charge on any atom is -0.480 e. The standard InChI is InChI=1S/C14H21N3O2S/c1-10-5-8-16-13(17-10)20-9-6-11-4-3-7-14(11,15-2)12(18)19/h5,8,11,15H,3-4,6-7,9H2,1-2H3,(H,18,19). The highest BCUT2D eigenvalue weighted by atomic mass is 32.2. The average Bonchev–Trinajstić information content (AvgIpc) is 2.83. The van der Waals surface area contributed by atoms with Crippen molar-refractivity contribution in [1.29, 1.82) is 0 Å². The fraction of sp³-hybridized carbons (Fsp3) is 0.643. The number of likely N-dealkylation sites (N-methyl/N-ethyl adjacent to an activating group) is 1. The van der Waals surface area contributed by atoms with Gasteiger partial charge in [-0.1, -0.05) is 18.2 Å². The molecule has 0 bridgehead atoms. The molecule has 6 heteroatoms. The van der Waals surface area contributed by atoms with Crippen molar-refractivity contribution in [2.75, 3.05) is 12.8 Å². The van der Waals surface area contributed by atoms with Crippen LogP contribution in [-0.2, 0) is 4.79 Å². The highest BCUT2D eigenvalue weighted by Gasteiger charge is 2.47. The molecule has 1 heterocycles. The van der Waals surface area contributed by atoms with Crippen LogP contribution in [-0.4, -0.2) is 39.4 Å². The molecule has 0 spiro atoms. The molecule has 0 aliphatic heterocycles. The molecule has 0 saturated heterocycles. The second kappa shape index (κ2) is 6.54. The van der Waals surface area contributed by atoms with Crippen LogP contribution in [0, 0.1) is 12.8 Å². The molecule has 2 N–H and O–H groups in total. The van der Waals surface area contributed by atoms with Crippen molar-refractivity contribution in [2.45, 2.75) is 43.3 Å². The van der Waals surface area contributed by atoms with E-state index in [1.54, 1.807) is 25.0 Å². The molecule has 110 valence electrons. The third kappa shape index (κ3) is 3.12. The number of rotatable bonds is 6. The summed E-state index contributed by atoms with van der Waals surface area (Å²) in [6, 6.07) is 1.87. The Morgan fingerprint density at radius 2 is 2.45 bits per heavy atom. The van der Waals surface area contributed by atoms with Gasteiger partial charge in [-0.05, 0) is 45.2 Å². The number of hydrogen-bond acceptors (Lipinski definition) is 5. The Hall–Kier alpha value is -1.14. The number of nitrogens with one attached hydrogen (secondary N) is 1. The van der Waals surface area contributed by atoms with Crippen LogP contribution < -0.4 is 5.32 Å². The lowest BCUT2D eigenvalue weighted by atomic mass is 9.85. The second-order valence-electron chi connectivity index (χ2n) is 5.23. The van der Waals surface area contributed by atoms with Crippen molar-refractivity contribution < 1.29 is 9.90 Å². The van der Waals surface area contributed by atoms with Crippen LogP contribution in [0.15, 0.2) is 17.4 Å². The topological polar surface area (TPSA) is 75.1 Å². The number of carboxylic acids is 1. The van der Waals surface area contributed by atoms with Crippen molar-refractivity contribution in [3.63, 3.8) is 0 Å². The maximum atomic E-state index is 11.5. The van der Waals surface area contributed by atoms with E-state index in [1.165, 1.54) is 0 Å². The van der Waals surface area contributed by atoms with Crippen molar-refractivity contribution in [3.05, 3.63) is 18.0 Å². The van der Waals surface area contributed by atoms with Crippen molar-refractivity contribution in [3.8, 4) is 0 Å². The molecule has 5 nitrogen and oxygen atoms in total. The molecule has 2 rings (SSSR count). The third-order valence-electron chi connectivity index (χ3n) is 4.12. The van der Waals surface area contributed by atoms with Gasteiger partial charge in [0, 0.05) is 17.6 Å². The van der Waals surface area contributed by atoms with Gasteiger partial charge in [0.15, 0.2) is 5.16 Å². The summed E-state index contributed by atoms with van der Waals surface area (Å²) in [5.41, 5.74) is 0.215. The van der Waals surface area contributed by atoms with Gasteiger partial charge in [-0.3, -0.25) is 4.79 Å². The number of nitrogens with zero attached hydrogens (tertiary/aromatic N) is 2. The Kier molecular flexibility index (Phi) is 4.99. The first-order chi connectivity index (χ1) is 9.58. The number of carbonyl (C=O) groups is 1. The number of aryl methyl sites for hydroxylation is 1.